The summed E-state index contributed by atoms with van der Waals surface area (Å²) in [5.41, 5.74) is 8.04. The lowest BCUT2D eigenvalue weighted by Crippen LogP contribution is -2.35. The summed E-state index contributed by atoms with van der Waals surface area (Å²) in [6.07, 6.45) is 2.48. The van der Waals surface area contributed by atoms with E-state index in [1.807, 2.05) is 18.2 Å². The molecule has 1 aromatic heterocycles. The van der Waals surface area contributed by atoms with Crippen LogP contribution in [0.1, 0.15) is 19.8 Å². The highest BCUT2D eigenvalue weighted by Crippen LogP contribution is 2.24. The number of nitrogens with two attached hydrogens (primary N) is 1. The number of hydrogen-bond acceptors (Lipinski definition) is 5. The molecule has 0 amide bonds. The molecule has 1 saturated heterocycles. The van der Waals surface area contributed by atoms with Crippen LogP contribution in [0.5, 0.6) is 0 Å². The molecule has 0 radical (unpaired) electrons. The van der Waals surface area contributed by atoms with Crippen molar-refractivity contribution in [3.63, 3.8) is 0 Å². The predicted octanol–water partition coefficient (Wildman–Crippen LogP) is 2.55. The third kappa shape index (κ3) is 2.72. The molecule has 3 N–H and O–H groups in total. The summed E-state index contributed by atoms with van der Waals surface area (Å²) in [6, 6.07) is 6.20. The molecule has 0 bridgehead atoms. The Morgan fingerprint density at radius 3 is 2.90 bits per heavy atom. The van der Waals surface area contributed by atoms with Gasteiger partial charge < -0.3 is 20.4 Å². The Morgan fingerprint density at radius 2 is 2.20 bits per heavy atom. The molecule has 0 atom stereocenters. The molecular weight excluding hydrogens is 252 g/mol. The van der Waals surface area contributed by atoms with E-state index < -0.39 is 0 Å². The maximum absolute atomic E-state index is 5.88. The number of rotatable bonds is 4. The van der Waals surface area contributed by atoms with E-state index >= 15 is 0 Å². The van der Waals surface area contributed by atoms with Crippen molar-refractivity contribution < 1.29 is 4.42 Å². The number of aromatic nitrogens is 1. The van der Waals surface area contributed by atoms with Crippen molar-refractivity contribution in [3.05, 3.63) is 18.2 Å². The molecule has 0 aliphatic carbocycles. The molecule has 1 aliphatic rings. The van der Waals surface area contributed by atoms with E-state index in [1.54, 1.807) is 0 Å². The van der Waals surface area contributed by atoms with Gasteiger partial charge in [0, 0.05) is 6.54 Å². The number of fused-ring (bicyclic) bond motifs is 1. The summed E-state index contributed by atoms with van der Waals surface area (Å²) < 4.78 is 5.67. The number of nitrogen functional groups attached to an aromatic ring is 1. The highest BCUT2D eigenvalue weighted by Gasteiger charge is 2.18. The minimum Gasteiger partial charge on any atom is -0.423 e. The van der Waals surface area contributed by atoms with Crippen LogP contribution in [0.4, 0.5) is 11.7 Å². The normalized spacial score (nSPS) is 17.6. The zero-order valence-corrected chi connectivity index (χ0v) is 11.9. The fourth-order valence-electron chi connectivity index (χ4n) is 2.78. The Kier molecular flexibility index (Phi) is 3.78. The number of piperidine rings is 1. The zero-order valence-electron chi connectivity index (χ0n) is 11.9. The van der Waals surface area contributed by atoms with Crippen molar-refractivity contribution in [1.29, 1.82) is 0 Å². The second-order valence-electron chi connectivity index (χ2n) is 5.47. The van der Waals surface area contributed by atoms with Crippen LogP contribution in [0, 0.1) is 5.92 Å². The maximum atomic E-state index is 5.88. The predicted molar refractivity (Wildman–Crippen MR) is 81.7 cm³/mol. The van der Waals surface area contributed by atoms with Crippen molar-refractivity contribution in [2.75, 3.05) is 37.2 Å². The lowest BCUT2D eigenvalue weighted by Gasteiger charge is -2.30. The smallest absolute Gasteiger partial charge is 0.295 e. The molecular formula is C15H22N4O. The van der Waals surface area contributed by atoms with Crippen LogP contribution >= 0.6 is 0 Å². The van der Waals surface area contributed by atoms with Crippen molar-refractivity contribution in [2.45, 2.75) is 19.8 Å². The first-order valence-electron chi connectivity index (χ1n) is 7.37. The monoisotopic (exact) mass is 274 g/mol. The minimum absolute atomic E-state index is 0.579. The number of benzene rings is 1. The third-order valence-corrected chi connectivity index (χ3v) is 4.15. The van der Waals surface area contributed by atoms with Crippen molar-refractivity contribution in [1.82, 2.24) is 9.88 Å². The van der Waals surface area contributed by atoms with Crippen LogP contribution in [0.15, 0.2) is 22.6 Å². The number of nitrogens with one attached hydrogen (secondary N) is 1. The Balaban J connectivity index is 1.59. The number of anilines is 2. The minimum atomic E-state index is 0.579. The molecule has 5 heteroatoms. The Labute approximate surface area is 119 Å². The van der Waals surface area contributed by atoms with Gasteiger partial charge >= 0.3 is 0 Å². The molecule has 2 aromatic rings. The summed E-state index contributed by atoms with van der Waals surface area (Å²) in [4.78, 5) is 6.91. The second-order valence-corrected chi connectivity index (χ2v) is 5.47. The number of oxazole rings is 1. The summed E-state index contributed by atoms with van der Waals surface area (Å²) >= 11 is 0. The van der Waals surface area contributed by atoms with Gasteiger partial charge in [0.05, 0.1) is 5.69 Å². The highest BCUT2D eigenvalue weighted by molar-refractivity contribution is 5.86. The van der Waals surface area contributed by atoms with Gasteiger partial charge in [0.15, 0.2) is 5.58 Å². The zero-order chi connectivity index (χ0) is 13.9. The molecule has 5 nitrogen and oxygen atoms in total. The first-order valence-corrected chi connectivity index (χ1v) is 7.37. The molecule has 20 heavy (non-hydrogen) atoms. The van der Waals surface area contributed by atoms with Gasteiger partial charge in [-0.15, -0.1) is 0 Å². The summed E-state index contributed by atoms with van der Waals surface area (Å²) in [5.74, 6) is 0.699. The van der Waals surface area contributed by atoms with Crippen LogP contribution in [0.3, 0.4) is 0 Å². The van der Waals surface area contributed by atoms with Crippen LogP contribution < -0.4 is 11.1 Å². The van der Waals surface area contributed by atoms with Crippen LogP contribution in [0.2, 0.25) is 0 Å². The summed E-state index contributed by atoms with van der Waals surface area (Å²) in [6.45, 7) is 6.70. The lowest BCUT2D eigenvalue weighted by atomic mass is 9.97. The van der Waals surface area contributed by atoms with Crippen LogP contribution in [-0.4, -0.2) is 36.1 Å². The van der Waals surface area contributed by atoms with Gasteiger partial charge in [-0.25, -0.2) is 0 Å². The molecule has 2 heterocycles. The van der Waals surface area contributed by atoms with Crippen molar-refractivity contribution in [3.8, 4) is 0 Å². The quantitative estimate of drug-likeness (QED) is 0.839. The SMILES string of the molecule is CCN1CCC(CNc2nc3c(N)cccc3o2)CC1. The van der Waals surface area contributed by atoms with Gasteiger partial charge in [-0.2, -0.15) is 4.98 Å². The van der Waals surface area contributed by atoms with Crippen molar-refractivity contribution in [2.24, 2.45) is 5.92 Å². The standard InChI is InChI=1S/C15H22N4O/c1-2-19-8-6-11(7-9-19)10-17-15-18-14-12(16)4-3-5-13(14)20-15/h3-5,11H,2,6-10,16H2,1H3,(H,17,18). The van der Waals surface area contributed by atoms with Gasteiger partial charge in [0.1, 0.15) is 5.52 Å². The Hall–Kier alpha value is -1.75. The van der Waals surface area contributed by atoms with Gasteiger partial charge in [0.2, 0.25) is 0 Å². The maximum Gasteiger partial charge on any atom is 0.295 e. The summed E-state index contributed by atoms with van der Waals surface area (Å²) in [7, 11) is 0. The van der Waals surface area contributed by atoms with E-state index in [2.05, 4.69) is 22.1 Å². The van der Waals surface area contributed by atoms with E-state index in [1.165, 1.54) is 25.9 Å². The lowest BCUT2D eigenvalue weighted by molar-refractivity contribution is 0.197. The van der Waals surface area contributed by atoms with Gasteiger partial charge in [-0.05, 0) is 50.5 Å². The molecule has 1 aromatic carbocycles. The average molecular weight is 274 g/mol. The molecule has 1 aliphatic heterocycles. The number of nitrogens with zero attached hydrogens (tertiary/aromatic N) is 2. The van der Waals surface area contributed by atoms with E-state index in [-0.39, 0.29) is 0 Å². The van der Waals surface area contributed by atoms with Gasteiger partial charge in [-0.1, -0.05) is 13.0 Å². The van der Waals surface area contributed by atoms with E-state index in [0.717, 1.165) is 24.2 Å². The first-order chi connectivity index (χ1) is 9.76. The van der Waals surface area contributed by atoms with E-state index in [9.17, 15) is 0 Å². The fraction of sp³-hybridized carbons (Fsp3) is 0.533. The number of hydrogen-bond donors (Lipinski definition) is 2. The molecule has 1 fully saturated rings. The molecule has 0 unspecified atom stereocenters. The second kappa shape index (κ2) is 5.71. The van der Waals surface area contributed by atoms with E-state index in [0.29, 0.717) is 17.6 Å². The molecule has 3 rings (SSSR count). The Morgan fingerprint density at radius 1 is 1.40 bits per heavy atom. The molecule has 0 saturated carbocycles. The van der Waals surface area contributed by atoms with Crippen LogP contribution in [-0.2, 0) is 0 Å². The van der Waals surface area contributed by atoms with Gasteiger partial charge in [0.25, 0.3) is 6.01 Å². The van der Waals surface area contributed by atoms with E-state index in [4.69, 9.17) is 10.2 Å². The topological polar surface area (TPSA) is 67.3 Å². The Bertz CT molecular complexity index is 572. The largest absolute Gasteiger partial charge is 0.423 e. The molecule has 108 valence electrons. The summed E-state index contributed by atoms with van der Waals surface area (Å²) in [5, 5.41) is 3.31. The van der Waals surface area contributed by atoms with Crippen molar-refractivity contribution >= 4 is 22.8 Å². The molecule has 0 spiro atoms. The fourth-order valence-corrected chi connectivity index (χ4v) is 2.78. The third-order valence-electron chi connectivity index (χ3n) is 4.15. The first kappa shape index (κ1) is 13.2. The highest BCUT2D eigenvalue weighted by atomic mass is 16.4. The van der Waals surface area contributed by atoms with Crippen LogP contribution in [0.25, 0.3) is 11.1 Å². The van der Waals surface area contributed by atoms with Gasteiger partial charge in [-0.3, -0.25) is 0 Å². The average Bonchev–Trinajstić information content (AvgIpc) is 2.90. The number of para-hydroxylation sites is 1. The number of likely N-dealkylation sites (tertiary alicyclic amines) is 1.